The minimum absolute atomic E-state index is 0.0204. The fourth-order valence-electron chi connectivity index (χ4n) is 1.89. The number of allylic oxidation sites excluding steroid dienone is 1. The lowest BCUT2D eigenvalue weighted by Gasteiger charge is -2.06. The number of rotatable bonds is 5. The van der Waals surface area contributed by atoms with Gasteiger partial charge in [0.25, 0.3) is 0 Å². The van der Waals surface area contributed by atoms with Crippen LogP contribution in [0, 0.1) is 17.5 Å². The normalized spacial score (nSPS) is 11.3. The van der Waals surface area contributed by atoms with Gasteiger partial charge in [-0.2, -0.15) is 0 Å². The number of carbonyl (C=O) groups excluding carboxylic acids is 1. The lowest BCUT2D eigenvalue weighted by atomic mass is 10.1. The van der Waals surface area contributed by atoms with Gasteiger partial charge in [-0.3, -0.25) is 0 Å². The number of esters is 1. The van der Waals surface area contributed by atoms with Gasteiger partial charge in [-0.25, -0.2) is 18.0 Å². The molecule has 0 fully saturated rings. The second kappa shape index (κ2) is 7.49. The van der Waals surface area contributed by atoms with Crippen LogP contribution >= 0.6 is 0 Å². The van der Waals surface area contributed by atoms with E-state index in [1.54, 1.807) is 24.3 Å². The third-order valence-corrected chi connectivity index (χ3v) is 3.01. The summed E-state index contributed by atoms with van der Waals surface area (Å²) in [6.07, 6.45) is 0.757. The molecule has 0 aliphatic rings. The lowest BCUT2D eigenvalue weighted by Crippen LogP contribution is -2.09. The summed E-state index contributed by atoms with van der Waals surface area (Å²) in [4.78, 5) is 11.6. The molecular formula is C17H14F3NO2. The second-order valence-electron chi connectivity index (χ2n) is 4.85. The van der Waals surface area contributed by atoms with Gasteiger partial charge in [-0.15, -0.1) is 0 Å². The van der Waals surface area contributed by atoms with Crippen LogP contribution in [0.5, 0.6) is 0 Å². The number of nitrogens with two attached hydrogens (primary N) is 1. The van der Waals surface area contributed by atoms with Gasteiger partial charge in [0.2, 0.25) is 0 Å². The first-order valence-electron chi connectivity index (χ1n) is 6.76. The van der Waals surface area contributed by atoms with Gasteiger partial charge in [0, 0.05) is 24.3 Å². The predicted molar refractivity (Wildman–Crippen MR) is 78.5 cm³/mol. The summed E-state index contributed by atoms with van der Waals surface area (Å²) in [7, 11) is 0. The molecule has 2 aromatic carbocycles. The summed E-state index contributed by atoms with van der Waals surface area (Å²) in [5.41, 5.74) is 6.25. The average Bonchev–Trinajstić information content (AvgIpc) is 2.51. The molecule has 120 valence electrons. The number of halogens is 3. The van der Waals surface area contributed by atoms with Crippen molar-refractivity contribution in [1.82, 2.24) is 0 Å². The molecule has 6 heteroatoms. The quantitative estimate of drug-likeness (QED) is 0.522. The number of hydrogen-bond donors (Lipinski definition) is 1. The van der Waals surface area contributed by atoms with E-state index in [1.807, 2.05) is 6.07 Å². The van der Waals surface area contributed by atoms with E-state index in [0.717, 1.165) is 11.6 Å². The highest BCUT2D eigenvalue weighted by molar-refractivity contribution is 5.82. The summed E-state index contributed by atoms with van der Waals surface area (Å²) in [5, 5.41) is 0. The Bertz CT molecular complexity index is 730. The Hall–Kier alpha value is -2.76. The molecule has 0 radical (unpaired) electrons. The third-order valence-electron chi connectivity index (χ3n) is 3.01. The Morgan fingerprint density at radius 3 is 2.39 bits per heavy atom. The Kier molecular flexibility index (Phi) is 5.41. The van der Waals surface area contributed by atoms with Gasteiger partial charge < -0.3 is 10.5 Å². The Morgan fingerprint density at radius 1 is 1.04 bits per heavy atom. The van der Waals surface area contributed by atoms with E-state index in [4.69, 9.17) is 10.5 Å². The van der Waals surface area contributed by atoms with Crippen LogP contribution in [0.15, 0.2) is 54.2 Å². The second-order valence-corrected chi connectivity index (χ2v) is 4.85. The van der Waals surface area contributed by atoms with Crippen molar-refractivity contribution in [2.45, 2.75) is 13.0 Å². The van der Waals surface area contributed by atoms with Crippen molar-refractivity contribution in [3.63, 3.8) is 0 Å². The van der Waals surface area contributed by atoms with Gasteiger partial charge in [0.1, 0.15) is 12.4 Å². The number of ether oxygens (including phenoxy) is 1. The molecule has 0 heterocycles. The van der Waals surface area contributed by atoms with Crippen LogP contribution in [0.3, 0.4) is 0 Å². The first kappa shape index (κ1) is 16.6. The van der Waals surface area contributed by atoms with Crippen LogP contribution in [-0.4, -0.2) is 5.97 Å². The van der Waals surface area contributed by atoms with Crippen LogP contribution < -0.4 is 5.73 Å². The summed E-state index contributed by atoms with van der Waals surface area (Å²) >= 11 is 0. The van der Waals surface area contributed by atoms with Crippen LogP contribution in [0.1, 0.15) is 11.1 Å². The molecule has 0 saturated heterocycles. The van der Waals surface area contributed by atoms with Crippen molar-refractivity contribution < 1.29 is 22.7 Å². The zero-order chi connectivity index (χ0) is 16.8. The highest BCUT2D eigenvalue weighted by atomic mass is 19.2. The Labute approximate surface area is 131 Å². The predicted octanol–water partition coefficient (Wildman–Crippen LogP) is 3.23. The SMILES string of the molecule is N/C(=C\C(=O)OCc1ccccc1)Cc1cc(F)c(F)cc1F. The van der Waals surface area contributed by atoms with E-state index in [2.05, 4.69) is 0 Å². The molecule has 3 nitrogen and oxygen atoms in total. The zero-order valence-corrected chi connectivity index (χ0v) is 12.1. The summed E-state index contributed by atoms with van der Waals surface area (Å²) in [6.45, 7) is 0.0724. The van der Waals surface area contributed by atoms with Crippen molar-refractivity contribution in [2.24, 2.45) is 5.73 Å². The monoisotopic (exact) mass is 321 g/mol. The maximum atomic E-state index is 13.5. The largest absolute Gasteiger partial charge is 0.458 e. The van der Waals surface area contributed by atoms with Gasteiger partial charge in [0.15, 0.2) is 11.6 Å². The van der Waals surface area contributed by atoms with Crippen molar-refractivity contribution in [1.29, 1.82) is 0 Å². The van der Waals surface area contributed by atoms with Gasteiger partial charge in [-0.1, -0.05) is 30.3 Å². The van der Waals surface area contributed by atoms with Crippen molar-refractivity contribution in [3.05, 3.63) is 82.8 Å². The summed E-state index contributed by atoms with van der Waals surface area (Å²) in [6, 6.07) is 10.2. The van der Waals surface area contributed by atoms with Crippen LogP contribution in [0.4, 0.5) is 13.2 Å². The van der Waals surface area contributed by atoms with Crippen LogP contribution in [0.25, 0.3) is 0 Å². The molecule has 0 atom stereocenters. The minimum atomic E-state index is -1.28. The van der Waals surface area contributed by atoms with Gasteiger partial charge >= 0.3 is 5.97 Å². The van der Waals surface area contributed by atoms with Crippen molar-refractivity contribution >= 4 is 5.97 Å². The topological polar surface area (TPSA) is 52.3 Å². The zero-order valence-electron chi connectivity index (χ0n) is 12.1. The number of hydrogen-bond acceptors (Lipinski definition) is 3. The molecule has 0 unspecified atom stereocenters. The first-order valence-corrected chi connectivity index (χ1v) is 6.76. The molecule has 0 aromatic heterocycles. The van der Waals surface area contributed by atoms with E-state index in [9.17, 15) is 18.0 Å². The lowest BCUT2D eigenvalue weighted by molar-refractivity contribution is -0.139. The molecule has 0 aliphatic carbocycles. The van der Waals surface area contributed by atoms with Gasteiger partial charge in [-0.05, 0) is 17.2 Å². The Balaban J connectivity index is 1.97. The van der Waals surface area contributed by atoms with E-state index >= 15 is 0 Å². The molecule has 0 spiro atoms. The van der Waals surface area contributed by atoms with Crippen molar-refractivity contribution in [3.8, 4) is 0 Å². The Morgan fingerprint density at radius 2 is 1.70 bits per heavy atom. The first-order chi connectivity index (χ1) is 11.0. The molecule has 23 heavy (non-hydrogen) atoms. The highest BCUT2D eigenvalue weighted by Crippen LogP contribution is 2.15. The van der Waals surface area contributed by atoms with Gasteiger partial charge in [0.05, 0.1) is 0 Å². The summed E-state index contributed by atoms with van der Waals surface area (Å²) < 4.78 is 44.4. The van der Waals surface area contributed by atoms with E-state index < -0.39 is 23.4 Å². The van der Waals surface area contributed by atoms with E-state index in [-0.39, 0.29) is 24.3 Å². The molecule has 0 saturated carbocycles. The number of carbonyl (C=O) groups is 1. The molecule has 0 amide bonds. The maximum Gasteiger partial charge on any atom is 0.332 e. The third kappa shape index (κ3) is 4.88. The van der Waals surface area contributed by atoms with E-state index in [1.165, 1.54) is 0 Å². The smallest absolute Gasteiger partial charge is 0.332 e. The number of benzene rings is 2. The van der Waals surface area contributed by atoms with Crippen molar-refractivity contribution in [2.75, 3.05) is 0 Å². The highest BCUT2D eigenvalue weighted by Gasteiger charge is 2.11. The minimum Gasteiger partial charge on any atom is -0.458 e. The van der Waals surface area contributed by atoms with Crippen LogP contribution in [0.2, 0.25) is 0 Å². The van der Waals surface area contributed by atoms with Crippen LogP contribution in [-0.2, 0) is 22.6 Å². The molecule has 0 aliphatic heterocycles. The molecule has 2 rings (SSSR count). The molecular weight excluding hydrogens is 307 g/mol. The fourth-order valence-corrected chi connectivity index (χ4v) is 1.89. The summed E-state index contributed by atoms with van der Waals surface area (Å²) in [5.74, 6) is -4.09. The standard InChI is InChI=1S/C17H14F3NO2/c18-14-9-16(20)15(19)7-12(14)6-13(21)8-17(22)23-10-11-4-2-1-3-5-11/h1-5,7-9H,6,10,21H2/b13-8-. The maximum absolute atomic E-state index is 13.5. The molecule has 2 aromatic rings. The molecule has 0 bridgehead atoms. The fraction of sp³-hybridized carbons (Fsp3) is 0.118. The molecule has 2 N–H and O–H groups in total. The average molecular weight is 321 g/mol. The van der Waals surface area contributed by atoms with E-state index in [0.29, 0.717) is 12.1 Å².